The molecule has 0 radical (unpaired) electrons. The van der Waals surface area contributed by atoms with Gasteiger partial charge in [-0.1, -0.05) is 43.5 Å². The number of benzene rings is 1. The van der Waals surface area contributed by atoms with E-state index in [1.807, 2.05) is 24.3 Å². The van der Waals surface area contributed by atoms with Crippen LogP contribution in [0.25, 0.3) is 0 Å². The standard InChI is InChI=1S/C17H24O3Si/c1-19-13-8-6-12(7-9-13)15-14(10-11-21(3,4)5)16(15)17(18)20-2/h6-11,14-16H,1-5H3/b11-10+/t14-,15-,16-/m1/s1. The maximum Gasteiger partial charge on any atom is 0.309 e. The molecule has 3 nitrogen and oxygen atoms in total. The lowest BCUT2D eigenvalue weighted by Gasteiger charge is -2.07. The zero-order valence-electron chi connectivity index (χ0n) is 13.4. The zero-order chi connectivity index (χ0) is 15.6. The SMILES string of the molecule is COC(=O)[C@@H]1[C@H](/C=C/[Si](C)(C)C)[C@H]1c1ccc(OC)cc1. The third kappa shape index (κ3) is 3.76. The van der Waals surface area contributed by atoms with Gasteiger partial charge in [-0.3, -0.25) is 4.79 Å². The molecule has 1 aliphatic rings. The first kappa shape index (κ1) is 15.8. The lowest BCUT2D eigenvalue weighted by atomic mass is 10.1. The Bertz CT molecular complexity index is 528. The molecular weight excluding hydrogens is 280 g/mol. The van der Waals surface area contributed by atoms with E-state index < -0.39 is 8.07 Å². The van der Waals surface area contributed by atoms with E-state index in [1.165, 1.54) is 12.7 Å². The topological polar surface area (TPSA) is 35.5 Å². The molecule has 2 rings (SSSR count). The van der Waals surface area contributed by atoms with Gasteiger partial charge in [0, 0.05) is 5.92 Å². The predicted molar refractivity (Wildman–Crippen MR) is 87.2 cm³/mol. The summed E-state index contributed by atoms with van der Waals surface area (Å²) in [5.41, 5.74) is 3.49. The average Bonchev–Trinajstić information content (AvgIpc) is 3.18. The highest BCUT2D eigenvalue weighted by Gasteiger charge is 2.54. The van der Waals surface area contributed by atoms with Gasteiger partial charge in [0.1, 0.15) is 5.75 Å². The Labute approximate surface area is 128 Å². The largest absolute Gasteiger partial charge is 0.497 e. The number of hydrogen-bond acceptors (Lipinski definition) is 3. The van der Waals surface area contributed by atoms with Crippen molar-refractivity contribution in [2.45, 2.75) is 25.6 Å². The first-order chi connectivity index (χ1) is 9.87. The van der Waals surface area contributed by atoms with Crippen molar-refractivity contribution in [3.05, 3.63) is 41.6 Å². The molecule has 0 heterocycles. The van der Waals surface area contributed by atoms with Gasteiger partial charge in [0.15, 0.2) is 0 Å². The minimum atomic E-state index is -1.25. The van der Waals surface area contributed by atoms with Gasteiger partial charge in [0.25, 0.3) is 0 Å². The highest BCUT2D eigenvalue weighted by atomic mass is 28.3. The third-order valence-electron chi connectivity index (χ3n) is 3.87. The van der Waals surface area contributed by atoms with Crippen molar-refractivity contribution in [2.24, 2.45) is 11.8 Å². The van der Waals surface area contributed by atoms with Gasteiger partial charge in [-0.25, -0.2) is 0 Å². The molecule has 0 aliphatic heterocycles. The molecule has 0 unspecified atom stereocenters. The Morgan fingerprint density at radius 3 is 2.24 bits per heavy atom. The number of allylic oxidation sites excluding steroid dienone is 1. The summed E-state index contributed by atoms with van der Waals surface area (Å²) in [4.78, 5) is 11.9. The Kier molecular flexibility index (Phi) is 4.57. The van der Waals surface area contributed by atoms with E-state index in [0.717, 1.165) is 5.75 Å². The molecule has 0 aromatic heterocycles. The molecule has 114 valence electrons. The fourth-order valence-corrected chi connectivity index (χ4v) is 3.47. The molecule has 3 atom stereocenters. The normalized spacial score (nSPS) is 24.9. The van der Waals surface area contributed by atoms with Crippen LogP contribution >= 0.6 is 0 Å². The monoisotopic (exact) mass is 304 g/mol. The fourth-order valence-electron chi connectivity index (χ4n) is 2.67. The molecule has 1 aliphatic carbocycles. The Hall–Kier alpha value is -1.55. The molecule has 0 amide bonds. The van der Waals surface area contributed by atoms with E-state index in [0.29, 0.717) is 0 Å². The van der Waals surface area contributed by atoms with Crippen LogP contribution in [0.5, 0.6) is 5.75 Å². The summed E-state index contributed by atoms with van der Waals surface area (Å²) in [6.07, 6.45) is 2.22. The van der Waals surface area contributed by atoms with Gasteiger partial charge in [-0.15, -0.1) is 0 Å². The molecule has 0 saturated heterocycles. The molecule has 1 fully saturated rings. The number of esters is 1. The zero-order valence-corrected chi connectivity index (χ0v) is 14.4. The van der Waals surface area contributed by atoms with Gasteiger partial charge in [-0.05, 0) is 23.6 Å². The molecule has 21 heavy (non-hydrogen) atoms. The summed E-state index contributed by atoms with van der Waals surface area (Å²) in [6, 6.07) is 7.98. The van der Waals surface area contributed by atoms with E-state index in [2.05, 4.69) is 31.4 Å². The minimum absolute atomic E-state index is 0.0454. The highest BCUT2D eigenvalue weighted by Crippen LogP contribution is 2.55. The second kappa shape index (κ2) is 6.06. The fraction of sp³-hybridized carbons (Fsp3) is 0.471. The van der Waals surface area contributed by atoms with Gasteiger partial charge >= 0.3 is 5.97 Å². The molecule has 0 spiro atoms. The van der Waals surface area contributed by atoms with Gasteiger partial charge in [0.05, 0.1) is 28.2 Å². The number of hydrogen-bond donors (Lipinski definition) is 0. The van der Waals surface area contributed by atoms with Crippen molar-refractivity contribution < 1.29 is 14.3 Å². The lowest BCUT2D eigenvalue weighted by molar-refractivity contribution is -0.142. The average molecular weight is 304 g/mol. The van der Waals surface area contributed by atoms with Crippen LogP contribution in [0.1, 0.15) is 11.5 Å². The van der Waals surface area contributed by atoms with E-state index >= 15 is 0 Å². The minimum Gasteiger partial charge on any atom is -0.497 e. The quantitative estimate of drug-likeness (QED) is 0.615. The van der Waals surface area contributed by atoms with Gasteiger partial charge < -0.3 is 9.47 Å². The second-order valence-electron chi connectivity index (χ2n) is 6.65. The van der Waals surface area contributed by atoms with Crippen molar-refractivity contribution in [1.29, 1.82) is 0 Å². The lowest BCUT2D eigenvalue weighted by Crippen LogP contribution is -2.15. The van der Waals surface area contributed by atoms with Gasteiger partial charge in [-0.2, -0.15) is 0 Å². The van der Waals surface area contributed by atoms with E-state index in [9.17, 15) is 4.79 Å². The van der Waals surface area contributed by atoms with Crippen molar-refractivity contribution in [2.75, 3.05) is 14.2 Å². The van der Waals surface area contributed by atoms with Crippen LogP contribution in [0.2, 0.25) is 19.6 Å². The Morgan fingerprint density at radius 2 is 1.76 bits per heavy atom. The number of rotatable bonds is 5. The smallest absolute Gasteiger partial charge is 0.309 e. The summed E-state index contributed by atoms with van der Waals surface area (Å²) in [6.45, 7) is 6.88. The summed E-state index contributed by atoms with van der Waals surface area (Å²) in [5.74, 6) is 1.17. The van der Waals surface area contributed by atoms with Crippen LogP contribution in [0, 0.1) is 11.8 Å². The van der Waals surface area contributed by atoms with Gasteiger partial charge in [0.2, 0.25) is 0 Å². The first-order valence-electron chi connectivity index (χ1n) is 7.28. The van der Waals surface area contributed by atoms with E-state index in [-0.39, 0.29) is 23.7 Å². The van der Waals surface area contributed by atoms with Crippen molar-refractivity contribution in [3.63, 3.8) is 0 Å². The predicted octanol–water partition coefficient (Wildman–Crippen LogP) is 3.63. The Morgan fingerprint density at radius 1 is 1.14 bits per heavy atom. The van der Waals surface area contributed by atoms with Crippen LogP contribution in [0.15, 0.2) is 36.0 Å². The number of methoxy groups -OCH3 is 2. The first-order valence-corrected chi connectivity index (χ1v) is 10.9. The molecular formula is C17H24O3Si. The Balaban J connectivity index is 2.19. The highest BCUT2D eigenvalue weighted by molar-refractivity contribution is 6.80. The molecule has 0 bridgehead atoms. The van der Waals surface area contributed by atoms with Crippen molar-refractivity contribution in [1.82, 2.24) is 0 Å². The maximum atomic E-state index is 11.9. The van der Waals surface area contributed by atoms with Crippen LogP contribution < -0.4 is 4.74 Å². The molecule has 0 N–H and O–H groups in total. The summed E-state index contributed by atoms with van der Waals surface area (Å²) in [5, 5.41) is 0. The molecule has 4 heteroatoms. The number of carbonyl (C=O) groups is 1. The molecule has 1 aromatic rings. The van der Waals surface area contributed by atoms with Crippen LogP contribution in [-0.4, -0.2) is 28.3 Å². The molecule has 1 aromatic carbocycles. The van der Waals surface area contributed by atoms with Crippen molar-refractivity contribution in [3.8, 4) is 5.75 Å². The maximum absolute atomic E-state index is 11.9. The summed E-state index contributed by atoms with van der Waals surface area (Å²) < 4.78 is 10.1. The van der Waals surface area contributed by atoms with E-state index in [4.69, 9.17) is 9.47 Å². The molecule has 1 saturated carbocycles. The number of ether oxygens (including phenoxy) is 2. The third-order valence-corrected chi connectivity index (χ3v) is 5.06. The van der Waals surface area contributed by atoms with Crippen molar-refractivity contribution >= 4 is 14.0 Å². The van der Waals surface area contributed by atoms with Crippen LogP contribution in [-0.2, 0) is 9.53 Å². The summed E-state index contributed by atoms with van der Waals surface area (Å²) >= 11 is 0. The number of carbonyl (C=O) groups excluding carboxylic acids is 1. The van der Waals surface area contributed by atoms with E-state index in [1.54, 1.807) is 7.11 Å². The second-order valence-corrected chi connectivity index (χ2v) is 11.7. The summed E-state index contributed by atoms with van der Waals surface area (Å²) in [7, 11) is 1.87. The van der Waals surface area contributed by atoms with Crippen LogP contribution in [0.4, 0.5) is 0 Å². The van der Waals surface area contributed by atoms with Crippen LogP contribution in [0.3, 0.4) is 0 Å².